The molecule has 0 unspecified atom stereocenters. The molecule has 0 aliphatic rings. The number of benzene rings is 2. The van der Waals surface area contributed by atoms with Crippen LogP contribution in [0.4, 0.5) is 0 Å². The molecule has 0 heterocycles. The molecule has 0 spiro atoms. The van der Waals surface area contributed by atoms with Crippen LogP contribution in [0.1, 0.15) is 42.1 Å². The molecule has 0 amide bonds. The minimum absolute atomic E-state index is 0.136. The number of carbonyl (C=O) groups is 2. The van der Waals surface area contributed by atoms with Crippen LogP contribution in [0.5, 0.6) is 11.5 Å². The Balaban J connectivity index is 1.84. The van der Waals surface area contributed by atoms with Gasteiger partial charge >= 0.3 is 11.9 Å². The topological polar surface area (TPSA) is 72.8 Å². The number of hydrogen-bond acceptors (Lipinski definition) is 4. The molecule has 0 fully saturated rings. The lowest BCUT2D eigenvalue weighted by atomic mass is 10.2. The molecule has 0 saturated heterocycles. The maximum atomic E-state index is 11.8. The first-order valence-corrected chi connectivity index (χ1v) is 8.54. The molecule has 2 aromatic carbocycles. The van der Waals surface area contributed by atoms with Crippen molar-refractivity contribution in [1.82, 2.24) is 0 Å². The van der Waals surface area contributed by atoms with Crippen molar-refractivity contribution in [2.24, 2.45) is 0 Å². The normalized spacial score (nSPS) is 10.7. The molecule has 1 N–H and O–H groups in total. The molecular formula is C21H22O5. The van der Waals surface area contributed by atoms with Gasteiger partial charge in [0.25, 0.3) is 0 Å². The van der Waals surface area contributed by atoms with Gasteiger partial charge in [0, 0.05) is 6.08 Å². The summed E-state index contributed by atoms with van der Waals surface area (Å²) >= 11 is 0. The predicted molar refractivity (Wildman–Crippen MR) is 99.5 cm³/mol. The van der Waals surface area contributed by atoms with Gasteiger partial charge in [-0.15, -0.1) is 0 Å². The summed E-state index contributed by atoms with van der Waals surface area (Å²) in [7, 11) is 0. The highest BCUT2D eigenvalue weighted by Crippen LogP contribution is 2.15. The van der Waals surface area contributed by atoms with Crippen LogP contribution in [0.3, 0.4) is 0 Å². The Hall–Kier alpha value is -3.08. The van der Waals surface area contributed by atoms with Crippen molar-refractivity contribution in [2.45, 2.75) is 26.2 Å². The van der Waals surface area contributed by atoms with Crippen molar-refractivity contribution in [3.8, 4) is 11.5 Å². The highest BCUT2D eigenvalue weighted by Gasteiger charge is 2.04. The molecule has 0 aromatic heterocycles. The Bertz CT molecular complexity index is 745. The Morgan fingerprint density at radius 1 is 0.962 bits per heavy atom. The fraction of sp³-hybridized carbons (Fsp3) is 0.238. The predicted octanol–water partition coefficient (Wildman–Crippen LogP) is 4.57. The van der Waals surface area contributed by atoms with E-state index in [9.17, 15) is 9.59 Å². The largest absolute Gasteiger partial charge is 0.494 e. The molecule has 0 saturated carbocycles. The van der Waals surface area contributed by atoms with Crippen LogP contribution in [-0.4, -0.2) is 23.7 Å². The van der Waals surface area contributed by atoms with Gasteiger partial charge in [-0.1, -0.05) is 31.9 Å². The minimum Gasteiger partial charge on any atom is -0.494 e. The second-order valence-electron chi connectivity index (χ2n) is 5.71. The zero-order chi connectivity index (χ0) is 18.8. The van der Waals surface area contributed by atoms with E-state index in [4.69, 9.17) is 14.6 Å². The Labute approximate surface area is 152 Å². The van der Waals surface area contributed by atoms with Gasteiger partial charge in [-0.25, -0.2) is 9.59 Å². The van der Waals surface area contributed by atoms with Gasteiger partial charge < -0.3 is 14.6 Å². The van der Waals surface area contributed by atoms with Crippen LogP contribution in [-0.2, 0) is 4.79 Å². The first-order valence-electron chi connectivity index (χ1n) is 8.54. The summed E-state index contributed by atoms with van der Waals surface area (Å²) in [5.41, 5.74) is 0.987. The number of carboxylic acid groups (broad SMARTS) is 1. The first-order chi connectivity index (χ1) is 12.6. The highest BCUT2D eigenvalue weighted by atomic mass is 16.5. The Morgan fingerprint density at radius 2 is 1.62 bits per heavy atom. The number of rotatable bonds is 9. The molecule has 0 aliphatic carbocycles. The van der Waals surface area contributed by atoms with Crippen LogP contribution in [0.2, 0.25) is 0 Å². The van der Waals surface area contributed by atoms with Gasteiger partial charge in [0.2, 0.25) is 0 Å². The van der Waals surface area contributed by atoms with Gasteiger partial charge in [-0.2, -0.15) is 0 Å². The number of carboxylic acids is 1. The van der Waals surface area contributed by atoms with E-state index in [0.717, 1.165) is 30.6 Å². The SMILES string of the molecule is CCCCCOc1ccc(C=CC(=O)Oc2ccc(C(=O)O)cc2)cc1. The summed E-state index contributed by atoms with van der Waals surface area (Å²) in [6.45, 7) is 2.85. The quantitative estimate of drug-likeness (QED) is 0.309. The summed E-state index contributed by atoms with van der Waals surface area (Å²) < 4.78 is 10.8. The molecule has 0 aliphatic heterocycles. The molecule has 136 valence electrons. The standard InChI is InChI=1S/C21H22O5/c1-2-3-4-15-25-18-10-5-16(6-11-18)7-14-20(22)26-19-12-8-17(9-13-19)21(23)24/h5-14H,2-4,15H2,1H3,(H,23,24). The molecule has 2 rings (SSSR count). The lowest BCUT2D eigenvalue weighted by molar-refractivity contribution is -0.128. The van der Waals surface area contributed by atoms with E-state index < -0.39 is 11.9 Å². The van der Waals surface area contributed by atoms with Crippen molar-refractivity contribution >= 4 is 18.0 Å². The maximum absolute atomic E-state index is 11.8. The second kappa shape index (κ2) is 10.0. The Morgan fingerprint density at radius 3 is 2.23 bits per heavy atom. The van der Waals surface area contributed by atoms with E-state index in [1.54, 1.807) is 6.08 Å². The van der Waals surface area contributed by atoms with Crippen molar-refractivity contribution in [2.75, 3.05) is 6.61 Å². The van der Waals surface area contributed by atoms with Crippen LogP contribution in [0, 0.1) is 0 Å². The summed E-state index contributed by atoms with van der Waals surface area (Å²) in [5, 5.41) is 8.83. The molecule has 5 nitrogen and oxygen atoms in total. The fourth-order valence-corrected chi connectivity index (χ4v) is 2.20. The zero-order valence-electron chi connectivity index (χ0n) is 14.7. The van der Waals surface area contributed by atoms with E-state index in [2.05, 4.69) is 6.92 Å². The lowest BCUT2D eigenvalue weighted by Gasteiger charge is -2.05. The van der Waals surface area contributed by atoms with E-state index in [0.29, 0.717) is 12.4 Å². The molecule has 0 atom stereocenters. The van der Waals surface area contributed by atoms with Gasteiger partial charge in [-0.3, -0.25) is 0 Å². The van der Waals surface area contributed by atoms with Crippen LogP contribution in [0.15, 0.2) is 54.6 Å². The average molecular weight is 354 g/mol. The van der Waals surface area contributed by atoms with Gasteiger partial charge in [0.1, 0.15) is 11.5 Å². The van der Waals surface area contributed by atoms with Gasteiger partial charge in [0.05, 0.1) is 12.2 Å². The third kappa shape index (κ3) is 6.43. The van der Waals surface area contributed by atoms with Crippen LogP contribution >= 0.6 is 0 Å². The summed E-state index contributed by atoms with van der Waals surface area (Å²) in [5.74, 6) is -0.464. The van der Waals surface area contributed by atoms with E-state index in [-0.39, 0.29) is 5.56 Å². The fourth-order valence-electron chi connectivity index (χ4n) is 2.20. The first kappa shape index (κ1) is 19.2. The molecule has 5 heteroatoms. The zero-order valence-corrected chi connectivity index (χ0v) is 14.7. The van der Waals surface area contributed by atoms with E-state index in [1.807, 2.05) is 24.3 Å². The number of aromatic carboxylic acids is 1. The third-order valence-corrected chi connectivity index (χ3v) is 3.63. The molecule has 0 bridgehead atoms. The van der Waals surface area contributed by atoms with Crippen molar-refractivity contribution in [3.63, 3.8) is 0 Å². The summed E-state index contributed by atoms with van der Waals surface area (Å²) in [4.78, 5) is 22.6. The van der Waals surface area contributed by atoms with E-state index >= 15 is 0 Å². The van der Waals surface area contributed by atoms with E-state index in [1.165, 1.54) is 30.3 Å². The van der Waals surface area contributed by atoms with Crippen molar-refractivity contribution in [3.05, 3.63) is 65.7 Å². The van der Waals surface area contributed by atoms with Crippen molar-refractivity contribution in [1.29, 1.82) is 0 Å². The van der Waals surface area contributed by atoms with Gasteiger partial charge in [0.15, 0.2) is 0 Å². The third-order valence-electron chi connectivity index (χ3n) is 3.63. The minimum atomic E-state index is -1.03. The average Bonchev–Trinajstić information content (AvgIpc) is 2.65. The monoisotopic (exact) mass is 354 g/mol. The smallest absolute Gasteiger partial charge is 0.336 e. The Kier molecular flexibility index (Phi) is 7.43. The second-order valence-corrected chi connectivity index (χ2v) is 5.71. The molecular weight excluding hydrogens is 332 g/mol. The number of unbranched alkanes of at least 4 members (excludes halogenated alkanes) is 2. The molecule has 0 radical (unpaired) electrons. The summed E-state index contributed by atoms with van der Waals surface area (Å²) in [6.07, 6.45) is 6.32. The van der Waals surface area contributed by atoms with Crippen LogP contribution in [0.25, 0.3) is 6.08 Å². The van der Waals surface area contributed by atoms with Crippen molar-refractivity contribution < 1.29 is 24.2 Å². The summed E-state index contributed by atoms with van der Waals surface area (Å²) in [6, 6.07) is 13.1. The number of hydrogen-bond donors (Lipinski definition) is 1. The number of ether oxygens (including phenoxy) is 2. The van der Waals surface area contributed by atoms with Gasteiger partial charge in [-0.05, 0) is 54.5 Å². The maximum Gasteiger partial charge on any atom is 0.336 e. The lowest BCUT2D eigenvalue weighted by Crippen LogP contribution is -2.04. The number of esters is 1. The number of carbonyl (C=O) groups excluding carboxylic acids is 1. The highest BCUT2D eigenvalue weighted by molar-refractivity contribution is 5.89. The molecule has 26 heavy (non-hydrogen) atoms. The molecule has 2 aromatic rings. The van der Waals surface area contributed by atoms with Crippen LogP contribution < -0.4 is 9.47 Å².